The van der Waals surface area contributed by atoms with Crippen LogP contribution in [0.3, 0.4) is 0 Å². The molecule has 0 aromatic heterocycles. The molecule has 0 amide bonds. The van der Waals surface area contributed by atoms with Gasteiger partial charge >= 0.3 is 11.9 Å². The Morgan fingerprint density at radius 2 is 0.618 bits per heavy atom. The van der Waals surface area contributed by atoms with E-state index in [4.69, 9.17) is 14.2 Å². The highest BCUT2D eigenvalue weighted by molar-refractivity contribution is 5.70. The molecular weight excluding hydrogens is 837 g/mol. The normalized spacial score (nSPS) is 13.3. The second kappa shape index (κ2) is 57.4. The third-order valence-electron chi connectivity index (χ3n) is 11.2. The van der Waals surface area contributed by atoms with Crippen LogP contribution in [0.2, 0.25) is 0 Å². The molecule has 0 aliphatic carbocycles. The zero-order valence-electron chi connectivity index (χ0n) is 44.1. The topological polar surface area (TPSA) is 61.8 Å². The second-order valence-corrected chi connectivity index (χ2v) is 17.7. The number of unbranched alkanes of at least 4 members (excludes halogenated alkanes) is 16. The Bertz CT molecular complexity index is 1430. The highest BCUT2D eigenvalue weighted by atomic mass is 16.6. The molecule has 0 aromatic carbocycles. The van der Waals surface area contributed by atoms with Gasteiger partial charge in [-0.15, -0.1) is 0 Å². The monoisotopic (exact) mass is 939 g/mol. The van der Waals surface area contributed by atoms with Crippen LogP contribution in [0, 0.1) is 0 Å². The van der Waals surface area contributed by atoms with Crippen molar-refractivity contribution in [1.29, 1.82) is 0 Å². The van der Waals surface area contributed by atoms with Crippen LogP contribution < -0.4 is 0 Å². The van der Waals surface area contributed by atoms with Gasteiger partial charge in [0.1, 0.15) is 6.61 Å². The molecule has 0 heterocycles. The van der Waals surface area contributed by atoms with Crippen molar-refractivity contribution < 1.29 is 23.8 Å². The summed E-state index contributed by atoms with van der Waals surface area (Å²) in [7, 11) is 0. The summed E-state index contributed by atoms with van der Waals surface area (Å²) in [6, 6.07) is 0. The Morgan fingerprint density at radius 1 is 0.324 bits per heavy atom. The van der Waals surface area contributed by atoms with Gasteiger partial charge in [0.2, 0.25) is 0 Å². The van der Waals surface area contributed by atoms with Gasteiger partial charge in [0, 0.05) is 19.4 Å². The maximum atomic E-state index is 12.8. The Labute approximate surface area is 419 Å². The Balaban J connectivity index is 4.40. The number of rotatable bonds is 49. The molecule has 1 unspecified atom stereocenters. The average Bonchev–Trinajstić information content (AvgIpc) is 3.34. The molecule has 5 nitrogen and oxygen atoms in total. The molecule has 0 aliphatic heterocycles. The Hall–Kier alpha value is -3.96. The molecule has 0 spiro atoms. The van der Waals surface area contributed by atoms with Crippen LogP contribution in [0.5, 0.6) is 0 Å². The van der Waals surface area contributed by atoms with E-state index in [1.54, 1.807) is 0 Å². The summed E-state index contributed by atoms with van der Waals surface area (Å²) in [5.74, 6) is -0.455. The first-order chi connectivity index (χ1) is 33.6. The Morgan fingerprint density at radius 3 is 0.985 bits per heavy atom. The summed E-state index contributed by atoms with van der Waals surface area (Å²) in [6.07, 6.45) is 81.8. The molecule has 384 valence electrons. The van der Waals surface area contributed by atoms with Crippen LogP contribution in [0.1, 0.15) is 226 Å². The van der Waals surface area contributed by atoms with Crippen molar-refractivity contribution in [1.82, 2.24) is 0 Å². The number of carbonyl (C=O) groups excluding carboxylic acids is 2. The summed E-state index contributed by atoms with van der Waals surface area (Å²) >= 11 is 0. The maximum absolute atomic E-state index is 12.8. The lowest BCUT2D eigenvalue weighted by Crippen LogP contribution is -2.30. The van der Waals surface area contributed by atoms with E-state index in [0.29, 0.717) is 19.4 Å². The quantitative estimate of drug-likeness (QED) is 0.0345. The number of allylic oxidation sites excluding steroid dienone is 22. The second-order valence-electron chi connectivity index (χ2n) is 17.7. The van der Waals surface area contributed by atoms with Crippen LogP contribution in [-0.4, -0.2) is 37.9 Å². The van der Waals surface area contributed by atoms with Gasteiger partial charge in [-0.05, 0) is 128 Å². The third kappa shape index (κ3) is 54.6. The zero-order chi connectivity index (χ0) is 49.2. The van der Waals surface area contributed by atoms with Crippen LogP contribution >= 0.6 is 0 Å². The van der Waals surface area contributed by atoms with Crippen LogP contribution in [0.25, 0.3) is 0 Å². The molecule has 0 aliphatic rings. The van der Waals surface area contributed by atoms with Crippen molar-refractivity contribution in [2.24, 2.45) is 0 Å². The van der Waals surface area contributed by atoms with E-state index >= 15 is 0 Å². The van der Waals surface area contributed by atoms with E-state index in [1.807, 2.05) is 0 Å². The van der Waals surface area contributed by atoms with Crippen molar-refractivity contribution in [2.75, 3.05) is 19.8 Å². The molecule has 0 radical (unpaired) electrons. The highest BCUT2D eigenvalue weighted by Crippen LogP contribution is 2.13. The molecule has 5 heteroatoms. The first kappa shape index (κ1) is 64.0. The minimum absolute atomic E-state index is 0.0533. The lowest BCUT2D eigenvalue weighted by Gasteiger charge is -2.18. The van der Waals surface area contributed by atoms with Gasteiger partial charge in [0.05, 0.1) is 6.61 Å². The molecule has 0 bridgehead atoms. The fraction of sp³-hybridized carbons (Fsp3) is 0.619. The van der Waals surface area contributed by atoms with Gasteiger partial charge in [-0.25, -0.2) is 0 Å². The van der Waals surface area contributed by atoms with Gasteiger partial charge in [-0.3, -0.25) is 9.59 Å². The minimum Gasteiger partial charge on any atom is -0.462 e. The summed E-state index contributed by atoms with van der Waals surface area (Å²) in [5, 5.41) is 0. The van der Waals surface area contributed by atoms with E-state index in [9.17, 15) is 9.59 Å². The number of esters is 2. The van der Waals surface area contributed by atoms with E-state index in [-0.39, 0.29) is 25.2 Å². The summed E-state index contributed by atoms with van der Waals surface area (Å²) in [5.41, 5.74) is 0. The molecule has 68 heavy (non-hydrogen) atoms. The largest absolute Gasteiger partial charge is 0.462 e. The molecule has 0 saturated heterocycles. The Kier molecular flexibility index (Phi) is 54.0. The van der Waals surface area contributed by atoms with E-state index in [1.165, 1.54) is 44.9 Å². The maximum Gasteiger partial charge on any atom is 0.306 e. The summed E-state index contributed by atoms with van der Waals surface area (Å²) in [6.45, 7) is 7.41. The van der Waals surface area contributed by atoms with Crippen LogP contribution in [0.4, 0.5) is 0 Å². The van der Waals surface area contributed by atoms with E-state index < -0.39 is 6.10 Å². The fourth-order valence-corrected chi connectivity index (χ4v) is 7.15. The standard InChI is InChI=1S/C63H102O5/c1-4-7-10-13-16-19-22-25-28-31-32-34-35-38-41-44-47-50-53-56-62(64)67-60-61(59-66-58-55-52-49-46-43-40-37-30-27-24-21-18-15-12-9-6-3)68-63(65)57-54-51-48-45-42-39-36-33-29-26-23-20-17-14-11-8-5-2/h7-12,16-21,25-30,32,34,36,39,61H,4-6,13-15,22-24,31,33,35,37-38,40-60H2,1-3H3/b10-7-,11-8-,12-9-,19-16-,20-17-,21-18-,28-25-,29-26-,30-27-,34-32-,39-36-. The van der Waals surface area contributed by atoms with Crippen molar-refractivity contribution in [3.05, 3.63) is 134 Å². The van der Waals surface area contributed by atoms with Gasteiger partial charge < -0.3 is 14.2 Å². The first-order valence-electron chi connectivity index (χ1n) is 27.7. The van der Waals surface area contributed by atoms with Crippen molar-refractivity contribution >= 4 is 11.9 Å². The minimum atomic E-state index is -0.573. The predicted octanol–water partition coefficient (Wildman–Crippen LogP) is 19.1. The fourth-order valence-electron chi connectivity index (χ4n) is 7.15. The predicted molar refractivity (Wildman–Crippen MR) is 297 cm³/mol. The highest BCUT2D eigenvalue weighted by Gasteiger charge is 2.17. The summed E-state index contributed by atoms with van der Waals surface area (Å²) < 4.78 is 17.4. The number of hydrogen-bond acceptors (Lipinski definition) is 5. The van der Waals surface area contributed by atoms with E-state index in [2.05, 4.69) is 154 Å². The number of hydrogen-bond donors (Lipinski definition) is 0. The van der Waals surface area contributed by atoms with Crippen LogP contribution in [-0.2, 0) is 23.8 Å². The van der Waals surface area contributed by atoms with E-state index in [0.717, 1.165) is 148 Å². The molecule has 0 rings (SSSR count). The number of carbonyl (C=O) groups is 2. The number of ether oxygens (including phenoxy) is 3. The molecule has 1 atom stereocenters. The first-order valence-corrected chi connectivity index (χ1v) is 27.7. The molecule has 0 saturated carbocycles. The molecule has 0 aromatic rings. The lowest BCUT2D eigenvalue weighted by atomic mass is 10.1. The molecule has 0 fully saturated rings. The van der Waals surface area contributed by atoms with Crippen molar-refractivity contribution in [3.8, 4) is 0 Å². The zero-order valence-corrected chi connectivity index (χ0v) is 44.1. The van der Waals surface area contributed by atoms with Crippen LogP contribution in [0.15, 0.2) is 134 Å². The van der Waals surface area contributed by atoms with Crippen molar-refractivity contribution in [2.45, 2.75) is 232 Å². The van der Waals surface area contributed by atoms with Gasteiger partial charge in [0.25, 0.3) is 0 Å². The lowest BCUT2D eigenvalue weighted by molar-refractivity contribution is -0.163. The smallest absolute Gasteiger partial charge is 0.306 e. The SMILES string of the molecule is CC/C=C\C/C=C\C/C=C\C/C=C\CCCCCCCCC(=O)OCC(COCCCCCCCC/C=C\C/C=C\C/C=C\CC)OC(=O)CCCCCC/C=C\C/C=C\C/C=C\C/C=C\CC. The third-order valence-corrected chi connectivity index (χ3v) is 11.2. The van der Waals surface area contributed by atoms with Gasteiger partial charge in [0.15, 0.2) is 6.10 Å². The van der Waals surface area contributed by atoms with Crippen molar-refractivity contribution in [3.63, 3.8) is 0 Å². The summed E-state index contributed by atoms with van der Waals surface area (Å²) in [4.78, 5) is 25.5. The molecule has 0 N–H and O–H groups in total. The molecular formula is C63H102O5. The van der Waals surface area contributed by atoms with Gasteiger partial charge in [-0.2, -0.15) is 0 Å². The van der Waals surface area contributed by atoms with Gasteiger partial charge in [-0.1, -0.05) is 219 Å². The average molecular weight is 940 g/mol.